The average Bonchev–Trinajstić information content (AvgIpc) is 2.39. The molecule has 1 aromatic carbocycles. The summed E-state index contributed by atoms with van der Waals surface area (Å²) in [5.74, 6) is -0.151. The second-order valence-corrected chi connectivity index (χ2v) is 6.37. The molecule has 1 aromatic rings. The van der Waals surface area contributed by atoms with E-state index in [0.29, 0.717) is 12.1 Å². The highest BCUT2D eigenvalue weighted by atomic mass is 127. The average molecular weight is 376 g/mol. The van der Waals surface area contributed by atoms with Crippen LogP contribution < -0.4 is 10.2 Å². The first-order valence-corrected chi connectivity index (χ1v) is 8.18. The number of nitrogens with zero attached hydrogens (tertiary/aromatic N) is 1. The summed E-state index contributed by atoms with van der Waals surface area (Å²) in [5, 5.41) is 3.63. The first-order valence-electron chi connectivity index (χ1n) is 7.10. The Morgan fingerprint density at radius 1 is 1.42 bits per heavy atom. The maximum absolute atomic E-state index is 13.3. The van der Waals surface area contributed by atoms with Crippen molar-refractivity contribution in [1.29, 1.82) is 0 Å². The normalized spacial score (nSPS) is 23.7. The van der Waals surface area contributed by atoms with Crippen LogP contribution in [0.2, 0.25) is 0 Å². The highest BCUT2D eigenvalue weighted by Crippen LogP contribution is 2.28. The standard InChI is InChI=1S/C15H22FIN2/c1-3-5-12-10-19(13(4-2)9-18-12)15-7-6-11(16)8-14(15)17/h6-8,12-13,18H,3-5,9-10H2,1-2H3. The third-order valence-electron chi connectivity index (χ3n) is 3.83. The second-order valence-electron chi connectivity index (χ2n) is 5.20. The molecule has 106 valence electrons. The van der Waals surface area contributed by atoms with Crippen LogP contribution in [0.1, 0.15) is 33.1 Å². The molecular weight excluding hydrogens is 354 g/mol. The van der Waals surface area contributed by atoms with Crippen molar-refractivity contribution in [3.8, 4) is 0 Å². The van der Waals surface area contributed by atoms with Crippen LogP contribution in [0.5, 0.6) is 0 Å². The third kappa shape index (κ3) is 3.60. The van der Waals surface area contributed by atoms with Gasteiger partial charge in [0.1, 0.15) is 5.82 Å². The molecule has 1 heterocycles. The fourth-order valence-electron chi connectivity index (χ4n) is 2.78. The van der Waals surface area contributed by atoms with E-state index in [1.165, 1.54) is 18.5 Å². The molecule has 2 unspecified atom stereocenters. The molecule has 2 nitrogen and oxygen atoms in total. The maximum atomic E-state index is 13.3. The Hall–Kier alpha value is -0.360. The summed E-state index contributed by atoms with van der Waals surface area (Å²) in [6.07, 6.45) is 3.51. The highest BCUT2D eigenvalue weighted by Gasteiger charge is 2.27. The molecule has 1 aliphatic rings. The molecule has 0 radical (unpaired) electrons. The molecule has 2 atom stereocenters. The molecule has 0 bridgehead atoms. The zero-order valence-corrected chi connectivity index (χ0v) is 13.8. The van der Waals surface area contributed by atoms with E-state index in [1.807, 2.05) is 6.07 Å². The zero-order chi connectivity index (χ0) is 13.8. The number of anilines is 1. The molecule has 0 spiro atoms. The largest absolute Gasteiger partial charge is 0.365 e. The van der Waals surface area contributed by atoms with E-state index in [4.69, 9.17) is 0 Å². The van der Waals surface area contributed by atoms with Crippen molar-refractivity contribution in [3.05, 3.63) is 27.6 Å². The molecule has 1 saturated heterocycles. The number of nitrogens with one attached hydrogen (secondary N) is 1. The third-order valence-corrected chi connectivity index (χ3v) is 4.69. The van der Waals surface area contributed by atoms with Crippen molar-refractivity contribution in [1.82, 2.24) is 5.32 Å². The lowest BCUT2D eigenvalue weighted by Crippen LogP contribution is -2.56. The minimum Gasteiger partial charge on any atom is -0.365 e. The molecule has 4 heteroatoms. The number of halogens is 2. The van der Waals surface area contributed by atoms with Crippen LogP contribution in [0.3, 0.4) is 0 Å². The van der Waals surface area contributed by atoms with E-state index >= 15 is 0 Å². The van der Waals surface area contributed by atoms with Crippen LogP contribution in [0, 0.1) is 9.39 Å². The van der Waals surface area contributed by atoms with Crippen molar-refractivity contribution in [3.63, 3.8) is 0 Å². The van der Waals surface area contributed by atoms with Gasteiger partial charge in [-0.15, -0.1) is 0 Å². The molecule has 2 rings (SSSR count). The van der Waals surface area contributed by atoms with Crippen molar-refractivity contribution < 1.29 is 4.39 Å². The predicted octanol–water partition coefficient (Wildman–Crippen LogP) is 3.79. The van der Waals surface area contributed by atoms with Crippen LogP contribution in [-0.4, -0.2) is 25.2 Å². The van der Waals surface area contributed by atoms with Crippen LogP contribution in [0.4, 0.5) is 10.1 Å². The monoisotopic (exact) mass is 376 g/mol. The van der Waals surface area contributed by atoms with Gasteiger partial charge in [0.05, 0.1) is 5.69 Å². The minimum atomic E-state index is -0.151. The molecule has 0 aliphatic carbocycles. The molecule has 0 saturated carbocycles. The Balaban J connectivity index is 2.22. The predicted molar refractivity (Wildman–Crippen MR) is 87.2 cm³/mol. The number of hydrogen-bond donors (Lipinski definition) is 1. The van der Waals surface area contributed by atoms with E-state index in [1.54, 1.807) is 12.1 Å². The van der Waals surface area contributed by atoms with Crippen LogP contribution in [0.15, 0.2) is 18.2 Å². The van der Waals surface area contributed by atoms with Crippen LogP contribution in [-0.2, 0) is 0 Å². The van der Waals surface area contributed by atoms with E-state index < -0.39 is 0 Å². The van der Waals surface area contributed by atoms with Gasteiger partial charge < -0.3 is 10.2 Å². The van der Waals surface area contributed by atoms with Gasteiger partial charge in [0, 0.05) is 28.7 Å². The number of rotatable bonds is 4. The quantitative estimate of drug-likeness (QED) is 0.805. The molecule has 1 aliphatic heterocycles. The van der Waals surface area contributed by atoms with Gasteiger partial charge in [-0.25, -0.2) is 4.39 Å². The summed E-state index contributed by atoms with van der Waals surface area (Å²) in [6, 6.07) is 6.18. The molecule has 0 aromatic heterocycles. The topological polar surface area (TPSA) is 15.3 Å². The van der Waals surface area contributed by atoms with Gasteiger partial charge >= 0.3 is 0 Å². The summed E-state index contributed by atoms with van der Waals surface area (Å²) >= 11 is 2.24. The van der Waals surface area contributed by atoms with Gasteiger partial charge in [-0.3, -0.25) is 0 Å². The molecule has 1 N–H and O–H groups in total. The molecular formula is C15H22FIN2. The summed E-state index contributed by atoms with van der Waals surface area (Å²) in [7, 11) is 0. The van der Waals surface area contributed by atoms with Gasteiger partial charge in [-0.1, -0.05) is 20.3 Å². The number of piperazine rings is 1. The Kier molecular flexibility index (Phi) is 5.45. The summed E-state index contributed by atoms with van der Waals surface area (Å²) in [6.45, 7) is 6.48. The van der Waals surface area contributed by atoms with Crippen molar-refractivity contribution in [2.24, 2.45) is 0 Å². The van der Waals surface area contributed by atoms with Gasteiger partial charge in [0.15, 0.2) is 0 Å². The maximum Gasteiger partial charge on any atom is 0.124 e. The summed E-state index contributed by atoms with van der Waals surface area (Å²) in [4.78, 5) is 2.46. The Morgan fingerprint density at radius 3 is 2.84 bits per heavy atom. The SMILES string of the molecule is CCCC1CN(c2ccc(F)cc2I)C(CC)CN1. The van der Waals surface area contributed by atoms with Gasteiger partial charge in [-0.05, 0) is 53.6 Å². The fraction of sp³-hybridized carbons (Fsp3) is 0.600. The first-order chi connectivity index (χ1) is 9.15. The van der Waals surface area contributed by atoms with Gasteiger partial charge in [0.25, 0.3) is 0 Å². The Morgan fingerprint density at radius 2 is 2.21 bits per heavy atom. The van der Waals surface area contributed by atoms with Crippen molar-refractivity contribution in [2.75, 3.05) is 18.0 Å². The number of hydrogen-bond acceptors (Lipinski definition) is 2. The van der Waals surface area contributed by atoms with E-state index in [0.717, 1.165) is 23.1 Å². The lowest BCUT2D eigenvalue weighted by atomic mass is 10.0. The zero-order valence-electron chi connectivity index (χ0n) is 11.6. The molecule has 1 fully saturated rings. The van der Waals surface area contributed by atoms with Crippen LogP contribution in [0.25, 0.3) is 0 Å². The van der Waals surface area contributed by atoms with Crippen molar-refractivity contribution >= 4 is 28.3 Å². The second kappa shape index (κ2) is 6.88. The molecule has 0 amide bonds. The lowest BCUT2D eigenvalue weighted by Gasteiger charge is -2.42. The van der Waals surface area contributed by atoms with Gasteiger partial charge in [0.2, 0.25) is 0 Å². The fourth-order valence-corrected chi connectivity index (χ4v) is 3.57. The lowest BCUT2D eigenvalue weighted by molar-refractivity contribution is 0.369. The molecule has 19 heavy (non-hydrogen) atoms. The number of benzene rings is 1. The summed E-state index contributed by atoms with van der Waals surface area (Å²) < 4.78 is 14.3. The first kappa shape index (κ1) is 15.0. The van der Waals surface area contributed by atoms with E-state index in [9.17, 15) is 4.39 Å². The summed E-state index contributed by atoms with van der Waals surface area (Å²) in [5.41, 5.74) is 1.18. The Labute approximate surface area is 128 Å². The van der Waals surface area contributed by atoms with Crippen LogP contribution >= 0.6 is 22.6 Å². The smallest absolute Gasteiger partial charge is 0.124 e. The van der Waals surface area contributed by atoms with Crippen molar-refractivity contribution in [2.45, 2.75) is 45.2 Å². The minimum absolute atomic E-state index is 0.151. The Bertz CT molecular complexity index is 425. The van der Waals surface area contributed by atoms with E-state index in [2.05, 4.69) is 46.7 Å². The van der Waals surface area contributed by atoms with E-state index in [-0.39, 0.29) is 5.82 Å². The van der Waals surface area contributed by atoms with Gasteiger partial charge in [-0.2, -0.15) is 0 Å². The highest BCUT2D eigenvalue weighted by molar-refractivity contribution is 14.1.